The quantitative estimate of drug-likeness (QED) is 0.570. The Hall–Kier alpha value is -2.36. The normalized spacial score (nSPS) is 15.6. The zero-order valence-electron chi connectivity index (χ0n) is 16.5. The third kappa shape index (κ3) is 4.49. The van der Waals surface area contributed by atoms with Gasteiger partial charge in [0.15, 0.2) is 11.3 Å². The molecule has 0 saturated carbocycles. The highest BCUT2D eigenvalue weighted by Crippen LogP contribution is 2.32. The molecule has 1 aliphatic heterocycles. The molecule has 0 atom stereocenters. The molecule has 1 amide bonds. The summed E-state index contributed by atoms with van der Waals surface area (Å²) in [6.45, 7) is 4.14. The first-order valence-electron chi connectivity index (χ1n) is 9.52. The summed E-state index contributed by atoms with van der Waals surface area (Å²) in [5, 5.41) is 4.36. The molecule has 0 N–H and O–H groups in total. The molecule has 31 heavy (non-hydrogen) atoms. The van der Waals surface area contributed by atoms with E-state index in [4.69, 9.17) is 23.2 Å². The number of nitrogens with zero attached hydrogens (tertiary/aromatic N) is 5. The molecule has 164 valence electrons. The third-order valence-electron chi connectivity index (χ3n) is 5.11. The first-order chi connectivity index (χ1) is 14.6. The van der Waals surface area contributed by atoms with Crippen LogP contribution in [0, 0.1) is 6.92 Å². The first-order valence-corrected chi connectivity index (χ1v) is 10.3. The zero-order valence-corrected chi connectivity index (χ0v) is 18.0. The second-order valence-electron chi connectivity index (χ2n) is 7.38. The number of piperazine rings is 1. The van der Waals surface area contributed by atoms with Crippen molar-refractivity contribution < 1.29 is 18.0 Å². The molecule has 1 fully saturated rings. The van der Waals surface area contributed by atoms with Crippen molar-refractivity contribution in [2.75, 3.05) is 26.2 Å². The van der Waals surface area contributed by atoms with Crippen molar-refractivity contribution in [2.24, 2.45) is 0 Å². The maximum Gasteiger partial charge on any atom is 0.433 e. The van der Waals surface area contributed by atoms with Crippen LogP contribution in [-0.2, 0) is 12.7 Å². The highest BCUT2D eigenvalue weighted by atomic mass is 35.5. The van der Waals surface area contributed by atoms with Gasteiger partial charge in [-0.1, -0.05) is 35.3 Å². The van der Waals surface area contributed by atoms with Gasteiger partial charge in [-0.15, -0.1) is 0 Å². The van der Waals surface area contributed by atoms with Crippen LogP contribution in [0.3, 0.4) is 0 Å². The minimum atomic E-state index is -4.66. The van der Waals surface area contributed by atoms with Gasteiger partial charge in [0.2, 0.25) is 0 Å². The molecule has 6 nitrogen and oxygen atoms in total. The lowest BCUT2D eigenvalue weighted by atomic mass is 10.2. The summed E-state index contributed by atoms with van der Waals surface area (Å²) in [5.41, 5.74) is -0.236. The molecular weight excluding hydrogens is 454 g/mol. The van der Waals surface area contributed by atoms with E-state index in [1.165, 1.54) is 6.92 Å². The SMILES string of the molecule is Cc1cc(C(F)(F)F)n2nc(C(=O)N3CCN(Cc4cccc(Cl)c4)CC3)c(Cl)c2n1. The summed E-state index contributed by atoms with van der Waals surface area (Å²) in [5.74, 6) is -0.510. The van der Waals surface area contributed by atoms with Crippen LogP contribution >= 0.6 is 23.2 Å². The van der Waals surface area contributed by atoms with Crippen molar-refractivity contribution in [3.63, 3.8) is 0 Å². The van der Waals surface area contributed by atoms with Gasteiger partial charge in [-0.05, 0) is 30.7 Å². The van der Waals surface area contributed by atoms with E-state index >= 15 is 0 Å². The van der Waals surface area contributed by atoms with Gasteiger partial charge in [-0.2, -0.15) is 18.3 Å². The number of benzene rings is 1. The van der Waals surface area contributed by atoms with Crippen LogP contribution in [0.1, 0.15) is 27.4 Å². The van der Waals surface area contributed by atoms with Crippen LogP contribution < -0.4 is 0 Å². The summed E-state index contributed by atoms with van der Waals surface area (Å²) in [6, 6.07) is 8.43. The Morgan fingerprint density at radius 3 is 2.48 bits per heavy atom. The third-order valence-corrected chi connectivity index (χ3v) is 5.69. The minimum absolute atomic E-state index is 0.134. The lowest BCUT2D eigenvalue weighted by Gasteiger charge is -2.34. The van der Waals surface area contributed by atoms with Crippen LogP contribution in [0.2, 0.25) is 10.0 Å². The number of carbonyl (C=O) groups excluding carboxylic acids is 1. The van der Waals surface area contributed by atoms with E-state index in [2.05, 4.69) is 15.0 Å². The van der Waals surface area contributed by atoms with Gasteiger partial charge in [-0.3, -0.25) is 9.69 Å². The fourth-order valence-electron chi connectivity index (χ4n) is 3.60. The minimum Gasteiger partial charge on any atom is -0.335 e. The van der Waals surface area contributed by atoms with Gasteiger partial charge in [0.1, 0.15) is 10.7 Å². The Bertz CT molecular complexity index is 1140. The van der Waals surface area contributed by atoms with E-state index in [0.717, 1.165) is 11.6 Å². The molecule has 2 aromatic heterocycles. The monoisotopic (exact) mass is 471 g/mol. The molecule has 1 saturated heterocycles. The van der Waals surface area contributed by atoms with Crippen LogP contribution in [0.25, 0.3) is 5.65 Å². The van der Waals surface area contributed by atoms with Crippen molar-refractivity contribution in [3.8, 4) is 0 Å². The Morgan fingerprint density at radius 1 is 1.13 bits per heavy atom. The smallest absolute Gasteiger partial charge is 0.335 e. The van der Waals surface area contributed by atoms with Crippen LogP contribution in [0.4, 0.5) is 13.2 Å². The van der Waals surface area contributed by atoms with E-state index in [0.29, 0.717) is 42.3 Å². The topological polar surface area (TPSA) is 53.7 Å². The molecule has 0 unspecified atom stereocenters. The Morgan fingerprint density at radius 2 is 1.84 bits per heavy atom. The van der Waals surface area contributed by atoms with E-state index in [-0.39, 0.29) is 22.1 Å². The first kappa shape index (κ1) is 21.9. The number of aromatic nitrogens is 3. The standard InChI is InChI=1S/C20H18Cl2F3N5O/c1-12-9-15(20(23,24)25)30-18(26-12)16(22)17(27-30)19(31)29-7-5-28(6-8-29)11-13-3-2-4-14(21)10-13/h2-4,9-10H,5-8,11H2,1H3. The van der Waals surface area contributed by atoms with Crippen molar-refractivity contribution in [1.29, 1.82) is 0 Å². The molecular formula is C20H18Cl2F3N5O. The van der Waals surface area contributed by atoms with Crippen LogP contribution in [-0.4, -0.2) is 56.5 Å². The second-order valence-corrected chi connectivity index (χ2v) is 8.19. The molecule has 0 radical (unpaired) electrons. The van der Waals surface area contributed by atoms with Crippen molar-refractivity contribution in [3.05, 3.63) is 63.0 Å². The molecule has 0 bridgehead atoms. The molecule has 11 heteroatoms. The number of halogens is 5. The second kappa shape index (κ2) is 8.29. The molecule has 1 aromatic carbocycles. The van der Waals surface area contributed by atoms with Crippen LogP contribution in [0.15, 0.2) is 30.3 Å². The number of hydrogen-bond donors (Lipinski definition) is 0. The number of amides is 1. The van der Waals surface area contributed by atoms with Gasteiger partial charge < -0.3 is 4.90 Å². The molecule has 1 aliphatic rings. The van der Waals surface area contributed by atoms with Gasteiger partial charge in [0, 0.05) is 43.4 Å². The zero-order chi connectivity index (χ0) is 22.3. The maximum absolute atomic E-state index is 13.4. The number of alkyl halides is 3. The van der Waals surface area contributed by atoms with Gasteiger partial charge in [0.25, 0.3) is 5.91 Å². The highest BCUT2D eigenvalue weighted by molar-refractivity contribution is 6.36. The summed E-state index contributed by atoms with van der Waals surface area (Å²) in [4.78, 5) is 20.7. The molecule has 0 spiro atoms. The molecule has 3 aromatic rings. The number of fused-ring (bicyclic) bond motifs is 1. The molecule has 3 heterocycles. The number of carbonyl (C=O) groups is 1. The fraction of sp³-hybridized carbons (Fsp3) is 0.350. The van der Waals surface area contributed by atoms with Crippen molar-refractivity contribution in [2.45, 2.75) is 19.6 Å². The van der Waals surface area contributed by atoms with Gasteiger partial charge in [0.05, 0.1) is 0 Å². The number of aryl methyl sites for hydroxylation is 1. The average Bonchev–Trinajstić information content (AvgIpc) is 3.03. The van der Waals surface area contributed by atoms with Crippen molar-refractivity contribution in [1.82, 2.24) is 24.4 Å². The fourth-order valence-corrected chi connectivity index (χ4v) is 4.06. The summed E-state index contributed by atoms with van der Waals surface area (Å²) >= 11 is 12.3. The van der Waals surface area contributed by atoms with E-state index in [1.54, 1.807) is 11.0 Å². The van der Waals surface area contributed by atoms with Crippen LogP contribution in [0.5, 0.6) is 0 Å². The van der Waals surface area contributed by atoms with Crippen molar-refractivity contribution >= 4 is 34.8 Å². The maximum atomic E-state index is 13.4. The predicted octanol–water partition coefficient (Wildman–Crippen LogP) is 4.32. The Balaban J connectivity index is 1.52. The Kier molecular flexibility index (Phi) is 5.85. The molecule has 4 rings (SSSR count). The van der Waals surface area contributed by atoms with Gasteiger partial charge >= 0.3 is 6.18 Å². The summed E-state index contributed by atoms with van der Waals surface area (Å²) in [6.07, 6.45) is -4.66. The predicted molar refractivity (Wildman–Crippen MR) is 110 cm³/mol. The summed E-state index contributed by atoms with van der Waals surface area (Å²) in [7, 11) is 0. The lowest BCUT2D eigenvalue weighted by molar-refractivity contribution is -0.142. The van der Waals surface area contributed by atoms with E-state index in [9.17, 15) is 18.0 Å². The summed E-state index contributed by atoms with van der Waals surface area (Å²) < 4.78 is 40.8. The van der Waals surface area contributed by atoms with Gasteiger partial charge in [-0.25, -0.2) is 9.50 Å². The highest BCUT2D eigenvalue weighted by Gasteiger charge is 2.37. The average molecular weight is 472 g/mol. The number of rotatable bonds is 3. The van der Waals surface area contributed by atoms with E-state index in [1.807, 2.05) is 18.2 Å². The Labute approximate surface area is 186 Å². The van der Waals surface area contributed by atoms with E-state index < -0.39 is 17.8 Å². The lowest BCUT2D eigenvalue weighted by Crippen LogP contribution is -2.48. The molecule has 0 aliphatic carbocycles. The number of hydrogen-bond acceptors (Lipinski definition) is 4. The largest absolute Gasteiger partial charge is 0.433 e.